The molecule has 0 aromatic heterocycles. The standard InChI is InChI=1S/C14H18F3NO2/c1-4-7-20-12-6-5-10(14(15,16)17)8-11(12)18-13(19)9(2)3/h5-6,8-9H,4,7H2,1-3H3,(H,18,19). The van der Waals surface area contributed by atoms with E-state index in [4.69, 9.17) is 4.74 Å². The van der Waals surface area contributed by atoms with E-state index in [1.807, 2.05) is 6.92 Å². The largest absolute Gasteiger partial charge is 0.491 e. The van der Waals surface area contributed by atoms with Crippen molar-refractivity contribution < 1.29 is 22.7 Å². The summed E-state index contributed by atoms with van der Waals surface area (Å²) < 4.78 is 43.4. The second-order valence-corrected chi connectivity index (χ2v) is 4.70. The van der Waals surface area contributed by atoms with Crippen LogP contribution in [0, 0.1) is 5.92 Å². The minimum Gasteiger partial charge on any atom is -0.491 e. The van der Waals surface area contributed by atoms with Crippen LogP contribution in [0.1, 0.15) is 32.8 Å². The van der Waals surface area contributed by atoms with Crippen LogP contribution < -0.4 is 10.1 Å². The Kier molecular flexibility index (Phi) is 5.42. The van der Waals surface area contributed by atoms with E-state index < -0.39 is 11.7 Å². The van der Waals surface area contributed by atoms with E-state index >= 15 is 0 Å². The minimum absolute atomic E-state index is 0.0481. The molecule has 0 unspecified atom stereocenters. The van der Waals surface area contributed by atoms with E-state index in [0.717, 1.165) is 18.6 Å². The summed E-state index contributed by atoms with van der Waals surface area (Å²) in [7, 11) is 0. The second-order valence-electron chi connectivity index (χ2n) is 4.70. The van der Waals surface area contributed by atoms with Crippen LogP contribution >= 0.6 is 0 Å². The number of halogens is 3. The quantitative estimate of drug-likeness (QED) is 0.886. The van der Waals surface area contributed by atoms with E-state index in [-0.39, 0.29) is 23.3 Å². The van der Waals surface area contributed by atoms with Crippen LogP contribution in [0.25, 0.3) is 0 Å². The summed E-state index contributed by atoms with van der Waals surface area (Å²) in [5.41, 5.74) is -0.771. The highest BCUT2D eigenvalue weighted by molar-refractivity contribution is 5.93. The monoisotopic (exact) mass is 289 g/mol. The number of alkyl halides is 3. The lowest BCUT2D eigenvalue weighted by Crippen LogP contribution is -2.19. The van der Waals surface area contributed by atoms with Crippen molar-refractivity contribution in [2.75, 3.05) is 11.9 Å². The Balaban J connectivity index is 3.09. The van der Waals surface area contributed by atoms with Gasteiger partial charge in [-0.1, -0.05) is 20.8 Å². The van der Waals surface area contributed by atoms with E-state index in [1.165, 1.54) is 6.07 Å². The molecule has 0 aliphatic rings. The van der Waals surface area contributed by atoms with Crippen LogP contribution in [0.2, 0.25) is 0 Å². The lowest BCUT2D eigenvalue weighted by molar-refractivity contribution is -0.137. The normalized spacial score (nSPS) is 11.6. The number of nitrogens with one attached hydrogen (secondary N) is 1. The number of carbonyl (C=O) groups excluding carboxylic acids is 1. The topological polar surface area (TPSA) is 38.3 Å². The number of rotatable bonds is 5. The van der Waals surface area contributed by atoms with E-state index in [9.17, 15) is 18.0 Å². The van der Waals surface area contributed by atoms with Gasteiger partial charge >= 0.3 is 6.18 Å². The third-order valence-electron chi connectivity index (χ3n) is 2.55. The van der Waals surface area contributed by atoms with Crippen molar-refractivity contribution in [3.8, 4) is 5.75 Å². The Hall–Kier alpha value is -1.72. The number of carbonyl (C=O) groups is 1. The molecule has 1 rings (SSSR count). The number of hydrogen-bond acceptors (Lipinski definition) is 2. The summed E-state index contributed by atoms with van der Waals surface area (Å²) in [6.45, 7) is 5.58. The Morgan fingerprint density at radius 2 is 2.00 bits per heavy atom. The molecule has 0 aliphatic carbocycles. The van der Waals surface area contributed by atoms with Gasteiger partial charge in [0.1, 0.15) is 5.75 Å². The van der Waals surface area contributed by atoms with Gasteiger partial charge in [0.2, 0.25) is 5.91 Å². The number of benzene rings is 1. The Morgan fingerprint density at radius 1 is 1.35 bits per heavy atom. The number of ether oxygens (including phenoxy) is 1. The third kappa shape index (κ3) is 4.43. The molecule has 1 aromatic carbocycles. The van der Waals surface area contributed by atoms with Crippen molar-refractivity contribution in [3.05, 3.63) is 23.8 Å². The zero-order valence-corrected chi connectivity index (χ0v) is 11.7. The van der Waals surface area contributed by atoms with Gasteiger partial charge in [0, 0.05) is 5.92 Å². The molecule has 0 fully saturated rings. The summed E-state index contributed by atoms with van der Waals surface area (Å²) in [5, 5.41) is 2.47. The molecule has 112 valence electrons. The van der Waals surface area contributed by atoms with Crippen LogP contribution in [-0.4, -0.2) is 12.5 Å². The van der Waals surface area contributed by atoms with Crippen molar-refractivity contribution in [2.24, 2.45) is 5.92 Å². The van der Waals surface area contributed by atoms with Gasteiger partial charge in [-0.2, -0.15) is 13.2 Å². The smallest absolute Gasteiger partial charge is 0.416 e. The highest BCUT2D eigenvalue weighted by Crippen LogP contribution is 2.35. The van der Waals surface area contributed by atoms with Gasteiger partial charge in [0.15, 0.2) is 0 Å². The molecule has 0 spiro atoms. The van der Waals surface area contributed by atoms with Gasteiger partial charge in [-0.3, -0.25) is 4.79 Å². The molecule has 0 atom stereocenters. The van der Waals surface area contributed by atoms with Gasteiger partial charge < -0.3 is 10.1 Å². The maximum atomic E-state index is 12.7. The highest BCUT2D eigenvalue weighted by atomic mass is 19.4. The molecule has 6 heteroatoms. The van der Waals surface area contributed by atoms with Gasteiger partial charge in [-0.05, 0) is 24.6 Å². The highest BCUT2D eigenvalue weighted by Gasteiger charge is 2.31. The van der Waals surface area contributed by atoms with Crippen LogP contribution in [-0.2, 0) is 11.0 Å². The van der Waals surface area contributed by atoms with E-state index in [2.05, 4.69) is 5.32 Å². The molecule has 1 N–H and O–H groups in total. The maximum Gasteiger partial charge on any atom is 0.416 e. The number of hydrogen-bond donors (Lipinski definition) is 1. The summed E-state index contributed by atoms with van der Waals surface area (Å²) in [5.74, 6) is -0.442. The zero-order chi connectivity index (χ0) is 15.3. The van der Waals surface area contributed by atoms with Gasteiger partial charge in [-0.15, -0.1) is 0 Å². The lowest BCUT2D eigenvalue weighted by Gasteiger charge is -2.16. The first-order valence-corrected chi connectivity index (χ1v) is 6.40. The third-order valence-corrected chi connectivity index (χ3v) is 2.55. The Morgan fingerprint density at radius 3 is 2.50 bits per heavy atom. The predicted octanol–water partition coefficient (Wildman–Crippen LogP) is 4.09. The van der Waals surface area contributed by atoms with Crippen LogP contribution in [0.5, 0.6) is 5.75 Å². The second kappa shape index (κ2) is 6.63. The van der Waals surface area contributed by atoms with Crippen molar-refractivity contribution in [1.82, 2.24) is 0 Å². The fourth-order valence-electron chi connectivity index (χ4n) is 1.42. The molecule has 1 amide bonds. The fraction of sp³-hybridized carbons (Fsp3) is 0.500. The van der Waals surface area contributed by atoms with E-state index in [0.29, 0.717) is 6.61 Å². The van der Waals surface area contributed by atoms with E-state index in [1.54, 1.807) is 13.8 Å². The summed E-state index contributed by atoms with van der Waals surface area (Å²) >= 11 is 0. The Labute approximate surface area is 116 Å². The predicted molar refractivity (Wildman–Crippen MR) is 70.7 cm³/mol. The SMILES string of the molecule is CCCOc1ccc(C(F)(F)F)cc1NC(=O)C(C)C. The van der Waals surface area contributed by atoms with Crippen LogP contribution in [0.15, 0.2) is 18.2 Å². The summed E-state index contributed by atoms with van der Waals surface area (Å²) in [4.78, 5) is 11.7. The Bertz CT molecular complexity index is 470. The molecule has 0 saturated heterocycles. The van der Waals surface area contributed by atoms with Crippen molar-refractivity contribution >= 4 is 11.6 Å². The molecule has 0 heterocycles. The summed E-state index contributed by atoms with van der Waals surface area (Å²) in [6.07, 6.45) is -3.74. The minimum atomic E-state index is -4.46. The average molecular weight is 289 g/mol. The lowest BCUT2D eigenvalue weighted by atomic mass is 10.1. The average Bonchev–Trinajstić information content (AvgIpc) is 2.35. The molecule has 3 nitrogen and oxygen atoms in total. The molecular formula is C14H18F3NO2. The number of amides is 1. The van der Waals surface area contributed by atoms with Crippen molar-refractivity contribution in [2.45, 2.75) is 33.4 Å². The maximum absolute atomic E-state index is 12.7. The zero-order valence-electron chi connectivity index (χ0n) is 11.7. The fourth-order valence-corrected chi connectivity index (χ4v) is 1.42. The van der Waals surface area contributed by atoms with Gasteiger partial charge in [0.05, 0.1) is 17.9 Å². The number of anilines is 1. The van der Waals surface area contributed by atoms with Crippen LogP contribution in [0.3, 0.4) is 0 Å². The molecular weight excluding hydrogens is 271 g/mol. The van der Waals surface area contributed by atoms with Crippen molar-refractivity contribution in [3.63, 3.8) is 0 Å². The first-order chi connectivity index (χ1) is 9.25. The summed E-state index contributed by atoms with van der Waals surface area (Å²) in [6, 6.07) is 3.07. The first-order valence-electron chi connectivity index (χ1n) is 6.40. The van der Waals surface area contributed by atoms with Crippen LogP contribution in [0.4, 0.5) is 18.9 Å². The molecule has 0 saturated carbocycles. The molecule has 0 radical (unpaired) electrons. The molecule has 0 bridgehead atoms. The molecule has 20 heavy (non-hydrogen) atoms. The van der Waals surface area contributed by atoms with Gasteiger partial charge in [0.25, 0.3) is 0 Å². The first kappa shape index (κ1) is 16.3. The van der Waals surface area contributed by atoms with Gasteiger partial charge in [-0.25, -0.2) is 0 Å². The van der Waals surface area contributed by atoms with Crippen molar-refractivity contribution in [1.29, 1.82) is 0 Å². The molecule has 1 aromatic rings. The molecule has 0 aliphatic heterocycles.